The van der Waals surface area contributed by atoms with Crippen molar-refractivity contribution in [3.8, 4) is 0 Å². The van der Waals surface area contributed by atoms with Gasteiger partial charge in [-0.1, -0.05) is 0 Å². The van der Waals surface area contributed by atoms with Gasteiger partial charge in [0.25, 0.3) is 0 Å². The van der Waals surface area contributed by atoms with Crippen LogP contribution in [0.1, 0.15) is 0 Å². The first-order chi connectivity index (χ1) is 2.00. The van der Waals surface area contributed by atoms with E-state index < -0.39 is 0 Å². The molecule has 0 atom stereocenters. The van der Waals surface area contributed by atoms with Crippen molar-refractivity contribution in [2.75, 3.05) is 0 Å². The summed E-state index contributed by atoms with van der Waals surface area (Å²) < 4.78 is 16.6. The first-order valence-corrected chi connectivity index (χ1v) is 1.73. The molecule has 0 saturated heterocycles. The Labute approximate surface area is 35.7 Å². The molecule has 0 aliphatic carbocycles. The predicted molar refractivity (Wildman–Crippen MR) is 22.1 cm³/mol. The fourth-order valence-corrected chi connectivity index (χ4v) is 0. The van der Waals surface area contributed by atoms with Gasteiger partial charge in [-0.25, -0.2) is 0 Å². The van der Waals surface area contributed by atoms with Crippen LogP contribution in [0, 0.1) is 0 Å². The van der Waals surface area contributed by atoms with E-state index in [0.717, 1.165) is 0 Å². The van der Waals surface area contributed by atoms with E-state index in [1.807, 2.05) is 0 Å². The lowest BCUT2D eigenvalue weighted by Gasteiger charge is -0.852. The summed E-state index contributed by atoms with van der Waals surface area (Å²) in [6.07, 6.45) is 0. The normalized spacial score (nSPS) is 1.60. The Morgan fingerprint density at radius 2 is 0.800 bits per heavy atom. The molecule has 5 heteroatoms. The minimum atomic E-state index is 0. The van der Waals surface area contributed by atoms with E-state index in [9.17, 15) is 0 Å². The van der Waals surface area contributed by atoms with Gasteiger partial charge in [-0.3, -0.25) is 0 Å². The Morgan fingerprint density at radius 1 is 0.800 bits per heavy atom. The summed E-state index contributed by atoms with van der Waals surface area (Å²) in [6, 6.07) is 0. The Morgan fingerprint density at radius 3 is 0.800 bits per heavy atom. The van der Waals surface area contributed by atoms with Crippen molar-refractivity contribution in [3.05, 3.63) is 0 Å². The summed E-state index contributed by atoms with van der Waals surface area (Å²) in [5.41, 5.74) is 0. The third kappa shape index (κ3) is 409000. The highest BCUT2D eigenvalue weighted by Crippen LogP contribution is 0.471. The van der Waals surface area contributed by atoms with Gasteiger partial charge < -0.3 is 14.4 Å². The zero-order chi connectivity index (χ0) is 4.00. The van der Waals surface area contributed by atoms with Crippen molar-refractivity contribution in [1.82, 2.24) is 0 Å². The molecule has 0 aliphatic heterocycles. The van der Waals surface area contributed by atoms with Gasteiger partial charge in [-0.2, -0.15) is 0 Å². The molecule has 0 bridgehead atoms. The zero-order valence-corrected chi connectivity index (χ0v) is 5.56. The molecule has 2 N–H and O–H groups in total. The highest BCUT2D eigenvalue weighted by atomic mass is 28.1. The van der Waals surface area contributed by atoms with Crippen molar-refractivity contribution in [3.63, 3.8) is 0 Å². The molecule has 32 valence electrons. The van der Waals surface area contributed by atoms with Crippen LogP contribution in [0.15, 0.2) is 0 Å². The lowest BCUT2D eigenvalue weighted by Crippen LogP contribution is -0.969. The van der Waals surface area contributed by atoms with Crippen LogP contribution in [0.5, 0.6) is 0 Å². The highest BCUT2D eigenvalue weighted by Gasteiger charge is 0.703. The van der Waals surface area contributed by atoms with Gasteiger partial charge in [0, 0.05) is 0 Å². The van der Waals surface area contributed by atoms with Crippen LogP contribution in [-0.2, 0) is 8.92 Å². The number of hydrogen-bond acceptors (Lipinski definition) is 2. The molecule has 3 nitrogen and oxygen atoms in total. The maximum Gasteiger partial charge on any atom is 0.245 e. The lowest BCUT2D eigenvalue weighted by atomic mass is 16.0. The van der Waals surface area contributed by atoms with E-state index >= 15 is 0 Å². The Balaban J connectivity index is -0.0000000133. The van der Waals surface area contributed by atoms with Gasteiger partial charge in [-0.05, 0) is 0 Å². The molecular weight excluding hydrogens is 104 g/mol. The fraction of sp³-hybridized carbons (Fsp3) is 0. The second-order valence-corrected chi connectivity index (χ2v) is 0. The molecule has 5 heavy (non-hydrogen) atoms. The maximum atomic E-state index is 8.28. The molecule has 0 unspecified atom stereocenters. The van der Waals surface area contributed by atoms with E-state index in [1.165, 1.54) is 0 Å². The van der Waals surface area contributed by atoms with E-state index in [0.29, 0.717) is 20.3 Å². The van der Waals surface area contributed by atoms with E-state index in [2.05, 4.69) is 0 Å². The molecule has 0 aromatic rings. The predicted octanol–water partition coefficient (Wildman–Crippen LogP) is -2.89. The average molecular weight is 110 g/mol. The first kappa shape index (κ1) is 20.0. The monoisotopic (exact) mass is 110 g/mol. The average Bonchev–Trinajstić information content (AvgIpc) is 1.50. The largest absolute Gasteiger partial charge is 0.412 e. The summed E-state index contributed by atoms with van der Waals surface area (Å²) in [4.78, 5) is 0. The molecule has 0 amide bonds. The van der Waals surface area contributed by atoms with Gasteiger partial charge >= 0.3 is 0 Å². The third-order valence-electron chi connectivity index (χ3n) is 0. The summed E-state index contributed by atoms with van der Waals surface area (Å²) in [5.74, 6) is 0. The van der Waals surface area contributed by atoms with Crippen molar-refractivity contribution in [2.45, 2.75) is 0 Å². The molecule has 0 spiro atoms. The topological polar surface area (TPSA) is 65.6 Å². The zero-order valence-electron chi connectivity index (χ0n) is 2.73. The summed E-state index contributed by atoms with van der Waals surface area (Å²) in [5, 5.41) is 0. The minimum Gasteiger partial charge on any atom is -0.412 e. The van der Waals surface area contributed by atoms with Gasteiger partial charge in [0.2, 0.25) is 20.3 Å². The van der Waals surface area contributed by atoms with Gasteiger partial charge in [-0.15, -0.1) is 0 Å². The standard InChI is InChI=1S/2H2OSi.H2O/c2*1-2;/h2*2H2;1H2. The molecule has 0 aromatic heterocycles. The van der Waals surface area contributed by atoms with Crippen LogP contribution < -0.4 is 0 Å². The molecule has 0 aromatic carbocycles. The quantitative estimate of drug-likeness (QED) is 0.314. The molecular formula is H6O3Si2. The van der Waals surface area contributed by atoms with Gasteiger partial charge in [0.1, 0.15) is 0 Å². The van der Waals surface area contributed by atoms with Crippen LogP contribution in [0.25, 0.3) is 0 Å². The van der Waals surface area contributed by atoms with Crippen molar-refractivity contribution >= 4 is 20.3 Å². The second kappa shape index (κ2) is 921000. The van der Waals surface area contributed by atoms with Crippen molar-refractivity contribution in [1.29, 1.82) is 0 Å². The molecule has 0 heterocycles. The SMILES string of the molecule is O.O=[SiH2].O=[SiH2]. The highest BCUT2D eigenvalue weighted by molar-refractivity contribution is 5.85. The maximum absolute atomic E-state index is 8.28. The fourth-order valence-electron chi connectivity index (χ4n) is 0. The Hall–Kier alpha value is -0.00623. The van der Waals surface area contributed by atoms with Crippen molar-refractivity contribution in [2.24, 2.45) is 0 Å². The first-order valence-electron chi connectivity index (χ1n) is 0.577. The lowest BCUT2D eigenvalue weighted by molar-refractivity contribution is 0.589. The smallest absolute Gasteiger partial charge is 0.245 e. The number of rotatable bonds is 0. The van der Waals surface area contributed by atoms with Gasteiger partial charge in [0.15, 0.2) is 0 Å². The Kier molecular flexibility index (Phi) is 3690000. The van der Waals surface area contributed by atoms with Crippen LogP contribution in [0.3, 0.4) is 0 Å². The molecule has 0 rings (SSSR count). The second-order valence-electron chi connectivity index (χ2n) is 0. The van der Waals surface area contributed by atoms with Crippen LogP contribution in [-0.4, -0.2) is 25.7 Å². The summed E-state index contributed by atoms with van der Waals surface area (Å²) in [7, 11) is 1.22. The number of hydrogen-bond donors (Lipinski definition) is 0. The van der Waals surface area contributed by atoms with E-state index in [1.54, 1.807) is 0 Å². The third-order valence-corrected chi connectivity index (χ3v) is 0. The van der Waals surface area contributed by atoms with E-state index in [-0.39, 0.29) is 5.48 Å². The van der Waals surface area contributed by atoms with Crippen LogP contribution in [0.4, 0.5) is 0 Å². The van der Waals surface area contributed by atoms with Crippen LogP contribution >= 0.6 is 0 Å². The Bertz CT molecular complexity index is 6.85. The van der Waals surface area contributed by atoms with Gasteiger partial charge in [0.05, 0.1) is 0 Å². The summed E-state index contributed by atoms with van der Waals surface area (Å²) in [6.45, 7) is 0. The molecule has 0 aliphatic rings. The minimum absolute atomic E-state index is 0. The van der Waals surface area contributed by atoms with E-state index in [4.69, 9.17) is 8.92 Å². The molecule has 0 fully saturated rings. The van der Waals surface area contributed by atoms with Crippen LogP contribution in [0.2, 0.25) is 0 Å². The summed E-state index contributed by atoms with van der Waals surface area (Å²) >= 11 is 0. The molecule has 0 saturated carbocycles. The molecule has 0 radical (unpaired) electrons. The van der Waals surface area contributed by atoms with Crippen molar-refractivity contribution < 1.29 is 14.4 Å².